The molecular weight excluding hydrogens is 326 g/mol. The molecule has 1 aliphatic heterocycles. The average molecular weight is 349 g/mol. The van der Waals surface area contributed by atoms with Gasteiger partial charge >= 0.3 is 0 Å². The molecule has 1 heterocycles. The molecule has 1 fully saturated rings. The zero-order valence-electron chi connectivity index (χ0n) is 13.3. The van der Waals surface area contributed by atoms with Crippen LogP contribution in [0.25, 0.3) is 0 Å². The lowest BCUT2D eigenvalue weighted by molar-refractivity contribution is -0.142. The smallest absolute Gasteiger partial charge is 0.263 e. The van der Waals surface area contributed by atoms with Gasteiger partial charge in [-0.15, -0.1) is 12.4 Å². The summed E-state index contributed by atoms with van der Waals surface area (Å²) in [5.74, 6) is -1.98. The van der Waals surface area contributed by atoms with Crippen LogP contribution in [-0.4, -0.2) is 35.5 Å². The number of nitrogens with zero attached hydrogens (tertiary/aromatic N) is 1. The summed E-state index contributed by atoms with van der Waals surface area (Å²) in [4.78, 5) is 14.3. The van der Waals surface area contributed by atoms with Crippen LogP contribution in [0.15, 0.2) is 18.2 Å². The summed E-state index contributed by atoms with van der Waals surface area (Å²) in [7, 11) is 0. The molecule has 0 bridgehead atoms. The topological polar surface area (TPSA) is 55.6 Å². The maximum atomic E-state index is 13.2. The van der Waals surface area contributed by atoms with Gasteiger partial charge in [-0.1, -0.05) is 0 Å². The lowest BCUT2D eigenvalue weighted by atomic mass is 9.96. The van der Waals surface area contributed by atoms with E-state index in [1.807, 2.05) is 6.92 Å². The van der Waals surface area contributed by atoms with E-state index >= 15 is 0 Å². The number of hydrogen-bond acceptors (Lipinski definition) is 3. The fraction of sp³-hybridized carbons (Fsp3) is 0.562. The molecule has 4 nitrogen and oxygen atoms in total. The molecule has 0 aliphatic carbocycles. The minimum atomic E-state index is -0.997. The van der Waals surface area contributed by atoms with E-state index in [-0.39, 0.29) is 36.1 Å². The highest BCUT2D eigenvalue weighted by Crippen LogP contribution is 2.22. The number of likely N-dealkylation sites (tertiary alicyclic amines) is 1. The third kappa shape index (κ3) is 4.78. The summed E-state index contributed by atoms with van der Waals surface area (Å²) in [6.07, 6.45) is 2.09. The van der Waals surface area contributed by atoms with E-state index in [9.17, 15) is 13.6 Å². The molecule has 7 heteroatoms. The van der Waals surface area contributed by atoms with Crippen LogP contribution in [0.2, 0.25) is 0 Å². The van der Waals surface area contributed by atoms with Crippen LogP contribution < -0.4 is 10.5 Å². The molecule has 0 aromatic heterocycles. The molecule has 1 aliphatic rings. The number of halogens is 3. The van der Waals surface area contributed by atoms with Crippen molar-refractivity contribution in [1.29, 1.82) is 0 Å². The summed E-state index contributed by atoms with van der Waals surface area (Å²) < 4.78 is 31.5. The van der Waals surface area contributed by atoms with Gasteiger partial charge in [0, 0.05) is 24.7 Å². The van der Waals surface area contributed by atoms with E-state index in [4.69, 9.17) is 10.5 Å². The normalized spacial score (nSPS) is 20.4. The zero-order valence-corrected chi connectivity index (χ0v) is 14.1. The van der Waals surface area contributed by atoms with Gasteiger partial charge in [-0.3, -0.25) is 4.79 Å². The lowest BCUT2D eigenvalue weighted by Crippen LogP contribution is -2.54. The molecule has 1 amide bonds. The van der Waals surface area contributed by atoms with Gasteiger partial charge < -0.3 is 15.4 Å². The first-order valence-corrected chi connectivity index (χ1v) is 7.58. The lowest BCUT2D eigenvalue weighted by Gasteiger charge is -2.39. The van der Waals surface area contributed by atoms with E-state index in [0.717, 1.165) is 31.4 Å². The van der Waals surface area contributed by atoms with Crippen molar-refractivity contribution in [2.45, 2.75) is 51.3 Å². The van der Waals surface area contributed by atoms with Gasteiger partial charge in [-0.25, -0.2) is 8.78 Å². The first kappa shape index (κ1) is 19.6. The number of amides is 1. The fourth-order valence-corrected chi connectivity index (χ4v) is 2.82. The second-order valence-electron chi connectivity index (χ2n) is 5.79. The number of carbonyl (C=O) groups excluding carboxylic acids is 1. The van der Waals surface area contributed by atoms with Crippen molar-refractivity contribution in [2.24, 2.45) is 5.73 Å². The summed E-state index contributed by atoms with van der Waals surface area (Å²) >= 11 is 0. The first-order valence-electron chi connectivity index (χ1n) is 7.58. The molecule has 1 saturated heterocycles. The number of piperidine rings is 1. The highest BCUT2D eigenvalue weighted by atomic mass is 35.5. The molecule has 0 saturated carbocycles. The standard InChI is InChI=1S/C16H22F2N2O2.ClH/c1-10(19)15-5-3-4-8-20(15)16(21)11(2)22-12-6-7-13(17)14(18)9-12;/h6-7,9-11,15H,3-5,8,19H2,1-2H3;1H. The summed E-state index contributed by atoms with van der Waals surface area (Å²) in [6, 6.07) is 3.12. The number of hydrogen-bond donors (Lipinski definition) is 1. The predicted octanol–water partition coefficient (Wildman–Crippen LogP) is 2.88. The number of benzene rings is 1. The maximum absolute atomic E-state index is 13.2. The molecule has 23 heavy (non-hydrogen) atoms. The van der Waals surface area contributed by atoms with E-state index < -0.39 is 17.7 Å². The average Bonchev–Trinajstić information content (AvgIpc) is 2.50. The number of carbonyl (C=O) groups is 1. The van der Waals surface area contributed by atoms with Crippen LogP contribution in [0.5, 0.6) is 5.75 Å². The minimum absolute atomic E-state index is 0. The largest absolute Gasteiger partial charge is 0.481 e. The van der Waals surface area contributed by atoms with Crippen molar-refractivity contribution in [3.05, 3.63) is 29.8 Å². The maximum Gasteiger partial charge on any atom is 0.263 e. The Kier molecular flexibility index (Phi) is 7.22. The second-order valence-corrected chi connectivity index (χ2v) is 5.79. The van der Waals surface area contributed by atoms with Crippen LogP contribution >= 0.6 is 12.4 Å². The highest BCUT2D eigenvalue weighted by molar-refractivity contribution is 5.85. The SMILES string of the molecule is CC(Oc1ccc(F)c(F)c1)C(=O)N1CCCCC1C(C)N.Cl. The van der Waals surface area contributed by atoms with Crippen LogP contribution in [0.1, 0.15) is 33.1 Å². The Labute approximate surface area is 141 Å². The Hall–Kier alpha value is -1.40. The monoisotopic (exact) mass is 348 g/mol. The number of nitrogens with two attached hydrogens (primary N) is 1. The minimum Gasteiger partial charge on any atom is -0.481 e. The van der Waals surface area contributed by atoms with Gasteiger partial charge in [-0.05, 0) is 45.2 Å². The van der Waals surface area contributed by atoms with Gasteiger partial charge in [0.1, 0.15) is 5.75 Å². The molecule has 0 spiro atoms. The van der Waals surface area contributed by atoms with Crippen molar-refractivity contribution in [1.82, 2.24) is 4.90 Å². The Morgan fingerprint density at radius 2 is 2.00 bits per heavy atom. The summed E-state index contributed by atoms with van der Waals surface area (Å²) in [5.41, 5.74) is 5.96. The third-order valence-corrected chi connectivity index (χ3v) is 3.99. The molecule has 2 N–H and O–H groups in total. The molecule has 2 rings (SSSR count). The van der Waals surface area contributed by atoms with Crippen molar-refractivity contribution >= 4 is 18.3 Å². The highest BCUT2D eigenvalue weighted by Gasteiger charge is 2.32. The molecule has 1 aromatic rings. The third-order valence-electron chi connectivity index (χ3n) is 3.99. The molecule has 3 atom stereocenters. The van der Waals surface area contributed by atoms with Crippen LogP contribution in [0.3, 0.4) is 0 Å². The van der Waals surface area contributed by atoms with Gasteiger partial charge in [0.15, 0.2) is 17.7 Å². The van der Waals surface area contributed by atoms with Crippen LogP contribution in [0, 0.1) is 11.6 Å². The van der Waals surface area contributed by atoms with Crippen LogP contribution in [0.4, 0.5) is 8.78 Å². The van der Waals surface area contributed by atoms with Crippen LogP contribution in [-0.2, 0) is 4.79 Å². The molecule has 3 unspecified atom stereocenters. The van der Waals surface area contributed by atoms with Crippen molar-refractivity contribution in [3.8, 4) is 5.75 Å². The number of ether oxygens (including phenoxy) is 1. The Morgan fingerprint density at radius 3 is 2.61 bits per heavy atom. The van der Waals surface area contributed by atoms with Crippen molar-refractivity contribution in [2.75, 3.05) is 6.54 Å². The van der Waals surface area contributed by atoms with Crippen molar-refractivity contribution in [3.63, 3.8) is 0 Å². The van der Waals surface area contributed by atoms with Gasteiger partial charge in [0.25, 0.3) is 5.91 Å². The van der Waals surface area contributed by atoms with Gasteiger partial charge in [0.2, 0.25) is 0 Å². The van der Waals surface area contributed by atoms with E-state index in [0.29, 0.717) is 6.54 Å². The quantitative estimate of drug-likeness (QED) is 0.910. The molecule has 130 valence electrons. The molecule has 1 aromatic carbocycles. The summed E-state index contributed by atoms with van der Waals surface area (Å²) in [5, 5.41) is 0. The predicted molar refractivity (Wildman–Crippen MR) is 86.7 cm³/mol. The first-order chi connectivity index (χ1) is 10.4. The van der Waals surface area contributed by atoms with E-state index in [2.05, 4.69) is 0 Å². The van der Waals surface area contributed by atoms with Gasteiger partial charge in [-0.2, -0.15) is 0 Å². The fourth-order valence-electron chi connectivity index (χ4n) is 2.82. The molecular formula is C16H23ClF2N2O2. The summed E-state index contributed by atoms with van der Waals surface area (Å²) in [6.45, 7) is 4.14. The Bertz CT molecular complexity index is 543. The van der Waals surface area contributed by atoms with E-state index in [1.165, 1.54) is 6.07 Å². The Morgan fingerprint density at radius 1 is 1.30 bits per heavy atom. The van der Waals surface area contributed by atoms with Gasteiger partial charge in [0.05, 0.1) is 0 Å². The Balaban J connectivity index is 0.00000264. The van der Waals surface area contributed by atoms with E-state index in [1.54, 1.807) is 11.8 Å². The zero-order chi connectivity index (χ0) is 16.3. The number of rotatable bonds is 4. The second kappa shape index (κ2) is 8.45. The molecule has 0 radical (unpaired) electrons. The van der Waals surface area contributed by atoms with Crippen molar-refractivity contribution < 1.29 is 18.3 Å².